The third-order valence-corrected chi connectivity index (χ3v) is 8.25. The lowest BCUT2D eigenvalue weighted by Gasteiger charge is -2.37. The van der Waals surface area contributed by atoms with Crippen LogP contribution in [-0.4, -0.2) is 27.3 Å². The lowest BCUT2D eigenvalue weighted by Crippen LogP contribution is -2.33. The van der Waals surface area contributed by atoms with Crippen LogP contribution in [0, 0.1) is 0 Å². The second-order valence-corrected chi connectivity index (χ2v) is 10.4. The molecule has 1 aromatic heterocycles. The van der Waals surface area contributed by atoms with Gasteiger partial charge in [-0.15, -0.1) is 11.3 Å². The molecule has 7 rings (SSSR count). The van der Waals surface area contributed by atoms with Crippen LogP contribution in [0.5, 0.6) is 23.0 Å². The Balaban J connectivity index is 1.49. The zero-order chi connectivity index (χ0) is 26.9. The van der Waals surface area contributed by atoms with Crippen LogP contribution in [0.15, 0.2) is 91.0 Å². The van der Waals surface area contributed by atoms with Crippen molar-refractivity contribution in [3.05, 3.63) is 119 Å². The highest BCUT2D eigenvalue weighted by Crippen LogP contribution is 2.58. The number of carboxylic acid groups (broad SMARTS) is 1. The summed E-state index contributed by atoms with van der Waals surface area (Å²) < 4.78 is 12.2. The van der Waals surface area contributed by atoms with Gasteiger partial charge in [-0.25, -0.2) is 9.59 Å². The highest BCUT2D eigenvalue weighted by atomic mass is 32.1. The summed E-state index contributed by atoms with van der Waals surface area (Å²) in [5.74, 6) is -1.44. The molecule has 2 aliphatic rings. The first kappa shape index (κ1) is 23.1. The SMILES string of the molecule is O=C(O)c1ccc2c(c1)C1(OC2=O)c2ccc(O)cc2Oc2cc(O)c(-c3ccc(-c4ccccc4)s3)cc21. The van der Waals surface area contributed by atoms with E-state index in [1.807, 2.05) is 42.5 Å². The first-order valence-corrected chi connectivity index (χ1v) is 12.8. The minimum absolute atomic E-state index is 0.00967. The van der Waals surface area contributed by atoms with E-state index in [1.54, 1.807) is 12.1 Å². The summed E-state index contributed by atoms with van der Waals surface area (Å²) in [6.45, 7) is 0. The Morgan fingerprint density at radius 1 is 0.744 bits per heavy atom. The minimum Gasteiger partial charge on any atom is -0.508 e. The topological polar surface area (TPSA) is 113 Å². The lowest BCUT2D eigenvalue weighted by atomic mass is 9.76. The number of rotatable bonds is 3. The fourth-order valence-corrected chi connectivity index (χ4v) is 6.35. The Kier molecular flexibility index (Phi) is 4.86. The van der Waals surface area contributed by atoms with Crippen molar-refractivity contribution in [1.82, 2.24) is 0 Å². The van der Waals surface area contributed by atoms with Gasteiger partial charge in [0.15, 0.2) is 5.60 Å². The Morgan fingerprint density at radius 3 is 2.31 bits per heavy atom. The number of carbonyl (C=O) groups is 2. The van der Waals surface area contributed by atoms with Gasteiger partial charge in [0.2, 0.25) is 0 Å². The maximum absolute atomic E-state index is 13.2. The molecular weight excluding hydrogens is 516 g/mol. The molecule has 39 heavy (non-hydrogen) atoms. The standard InChI is InChI=1S/C31H18O7S/c32-18-7-9-21-25(13-18)37-26-15-24(33)20(28-11-10-27(39-28)16-4-2-1-3-5-16)14-23(26)31(21)22-12-17(29(34)35)6-8-19(22)30(36)38-31/h1-15,32-33H,(H,34,35). The van der Waals surface area contributed by atoms with Crippen LogP contribution in [0.25, 0.3) is 20.9 Å². The van der Waals surface area contributed by atoms with E-state index in [1.165, 1.54) is 47.7 Å². The van der Waals surface area contributed by atoms with Gasteiger partial charge in [-0.1, -0.05) is 30.3 Å². The molecule has 3 heterocycles. The molecule has 0 bridgehead atoms. The number of thiophene rings is 1. The van der Waals surface area contributed by atoms with Crippen molar-refractivity contribution >= 4 is 23.3 Å². The normalized spacial score (nSPS) is 16.7. The number of carboxylic acids is 1. The molecule has 3 N–H and O–H groups in total. The Bertz CT molecular complexity index is 1840. The van der Waals surface area contributed by atoms with Crippen LogP contribution in [0.4, 0.5) is 0 Å². The molecule has 190 valence electrons. The van der Waals surface area contributed by atoms with Gasteiger partial charge in [-0.3, -0.25) is 0 Å². The van der Waals surface area contributed by atoms with Gasteiger partial charge < -0.3 is 24.8 Å². The molecule has 7 nitrogen and oxygen atoms in total. The van der Waals surface area contributed by atoms with Gasteiger partial charge in [0, 0.05) is 44.1 Å². The average Bonchev–Trinajstić information content (AvgIpc) is 3.52. The summed E-state index contributed by atoms with van der Waals surface area (Å²) in [5, 5.41) is 31.0. The third-order valence-electron chi connectivity index (χ3n) is 7.08. The maximum atomic E-state index is 13.2. The number of hydrogen-bond acceptors (Lipinski definition) is 7. The summed E-state index contributed by atoms with van der Waals surface area (Å²) in [6, 6.07) is 25.6. The average molecular weight is 535 g/mol. The van der Waals surface area contributed by atoms with E-state index >= 15 is 0 Å². The largest absolute Gasteiger partial charge is 0.508 e. The van der Waals surface area contributed by atoms with E-state index in [-0.39, 0.29) is 34.1 Å². The van der Waals surface area contributed by atoms with E-state index in [9.17, 15) is 24.9 Å². The monoisotopic (exact) mass is 534 g/mol. The minimum atomic E-state index is -1.56. The van der Waals surface area contributed by atoms with Crippen LogP contribution in [-0.2, 0) is 10.3 Å². The van der Waals surface area contributed by atoms with E-state index in [2.05, 4.69) is 0 Å². The first-order chi connectivity index (χ1) is 18.8. The predicted molar refractivity (Wildman–Crippen MR) is 144 cm³/mol. The zero-order valence-corrected chi connectivity index (χ0v) is 20.9. The van der Waals surface area contributed by atoms with Crippen LogP contribution >= 0.6 is 11.3 Å². The van der Waals surface area contributed by atoms with Crippen molar-refractivity contribution in [3.63, 3.8) is 0 Å². The van der Waals surface area contributed by atoms with Gasteiger partial charge in [0.25, 0.3) is 0 Å². The maximum Gasteiger partial charge on any atom is 0.340 e. The summed E-state index contributed by atoms with van der Waals surface area (Å²) in [6.07, 6.45) is 0. The number of fused-ring (bicyclic) bond motifs is 6. The molecular formula is C31H18O7S. The van der Waals surface area contributed by atoms with Crippen molar-refractivity contribution in [2.24, 2.45) is 0 Å². The summed E-state index contributed by atoms with van der Waals surface area (Å²) in [5.41, 5.74) is 1.40. The smallest absolute Gasteiger partial charge is 0.340 e. The first-order valence-electron chi connectivity index (χ1n) is 12.0. The summed E-state index contributed by atoms with van der Waals surface area (Å²) >= 11 is 1.50. The Hall–Kier alpha value is -5.08. The number of phenols is 2. The highest BCUT2D eigenvalue weighted by molar-refractivity contribution is 7.18. The second kappa shape index (κ2) is 8.21. The molecule has 4 aromatic carbocycles. The van der Waals surface area contributed by atoms with Gasteiger partial charge in [0.1, 0.15) is 23.0 Å². The lowest BCUT2D eigenvalue weighted by molar-refractivity contribution is 0.0224. The molecule has 0 saturated carbocycles. The zero-order valence-electron chi connectivity index (χ0n) is 20.0. The summed E-state index contributed by atoms with van der Waals surface area (Å²) in [7, 11) is 0. The van der Waals surface area contributed by atoms with Crippen LogP contribution < -0.4 is 4.74 Å². The molecule has 1 unspecified atom stereocenters. The molecule has 8 heteroatoms. The molecule has 5 aromatic rings. The Labute approximate surface area is 225 Å². The molecule has 0 radical (unpaired) electrons. The van der Waals surface area contributed by atoms with Crippen molar-refractivity contribution < 1.29 is 34.4 Å². The number of hydrogen-bond donors (Lipinski definition) is 3. The molecule has 0 amide bonds. The predicted octanol–water partition coefficient (Wildman–Crippen LogP) is 6.76. The van der Waals surface area contributed by atoms with E-state index < -0.39 is 17.5 Å². The fraction of sp³-hybridized carbons (Fsp3) is 0.0323. The Morgan fingerprint density at radius 2 is 1.51 bits per heavy atom. The van der Waals surface area contributed by atoms with E-state index in [0.717, 1.165) is 15.3 Å². The van der Waals surface area contributed by atoms with Crippen LogP contribution in [0.1, 0.15) is 37.4 Å². The number of esters is 1. The second-order valence-electron chi connectivity index (χ2n) is 9.31. The van der Waals surface area contributed by atoms with Gasteiger partial charge in [-0.05, 0) is 54.1 Å². The van der Waals surface area contributed by atoms with Crippen molar-refractivity contribution in [2.45, 2.75) is 5.60 Å². The summed E-state index contributed by atoms with van der Waals surface area (Å²) in [4.78, 5) is 26.9. The van der Waals surface area contributed by atoms with Crippen LogP contribution in [0.2, 0.25) is 0 Å². The molecule has 1 atom stereocenters. The number of benzene rings is 4. The molecule has 1 spiro atoms. The van der Waals surface area contributed by atoms with Gasteiger partial charge in [0.05, 0.1) is 11.1 Å². The van der Waals surface area contributed by atoms with Gasteiger partial charge in [-0.2, -0.15) is 0 Å². The van der Waals surface area contributed by atoms with E-state index in [0.29, 0.717) is 22.3 Å². The van der Waals surface area contributed by atoms with Gasteiger partial charge >= 0.3 is 11.9 Å². The molecule has 0 saturated heterocycles. The number of carbonyl (C=O) groups excluding carboxylic acids is 1. The molecule has 0 aliphatic carbocycles. The fourth-order valence-electron chi connectivity index (χ4n) is 5.31. The van der Waals surface area contributed by atoms with Crippen molar-refractivity contribution in [2.75, 3.05) is 0 Å². The number of phenolic OH excluding ortho intramolecular Hbond substituents is 2. The third kappa shape index (κ3) is 3.35. The van der Waals surface area contributed by atoms with Crippen molar-refractivity contribution in [1.29, 1.82) is 0 Å². The quantitative estimate of drug-likeness (QED) is 0.219. The number of aromatic carboxylic acids is 1. The highest BCUT2D eigenvalue weighted by Gasteiger charge is 2.54. The van der Waals surface area contributed by atoms with Crippen molar-refractivity contribution in [3.8, 4) is 43.9 Å². The molecule has 2 aliphatic heterocycles. The van der Waals surface area contributed by atoms with Crippen LogP contribution in [0.3, 0.4) is 0 Å². The number of aromatic hydroxyl groups is 2. The molecule has 0 fully saturated rings. The number of ether oxygens (including phenoxy) is 2. The van der Waals surface area contributed by atoms with E-state index in [4.69, 9.17) is 9.47 Å².